The van der Waals surface area contributed by atoms with Gasteiger partial charge in [0, 0.05) is 13.2 Å². The monoisotopic (exact) mass is 126 g/mol. The fourth-order valence-electron chi connectivity index (χ4n) is 0.906. The normalized spacial score (nSPS) is 20.1. The van der Waals surface area contributed by atoms with Crippen molar-refractivity contribution in [3.05, 3.63) is 0 Å². The first-order valence-electron chi connectivity index (χ1n) is 3.62. The van der Waals surface area contributed by atoms with E-state index in [-0.39, 0.29) is 0 Å². The number of rotatable bonds is 3. The highest BCUT2D eigenvalue weighted by atomic mass is 16.4. The Balaban J connectivity index is 1.98. The Hall–Kier alpha value is -0.0151. The van der Waals surface area contributed by atoms with Crippen molar-refractivity contribution in [3.63, 3.8) is 0 Å². The van der Waals surface area contributed by atoms with Crippen LogP contribution in [0.25, 0.3) is 0 Å². The van der Waals surface area contributed by atoms with E-state index in [4.69, 9.17) is 4.65 Å². The van der Waals surface area contributed by atoms with Crippen LogP contribution < -0.4 is 0 Å². The van der Waals surface area contributed by atoms with Gasteiger partial charge in [-0.1, -0.05) is 13.3 Å². The molecule has 0 aromatic rings. The zero-order valence-corrected chi connectivity index (χ0v) is 5.97. The van der Waals surface area contributed by atoms with Gasteiger partial charge in [-0.3, -0.25) is 0 Å². The molecule has 0 N–H and O–H groups in total. The lowest BCUT2D eigenvalue weighted by Gasteiger charge is -2.09. The smallest absolute Gasteiger partial charge is 0.398 e. The fraction of sp³-hybridized carbons (Fsp3) is 1.00. The summed E-state index contributed by atoms with van der Waals surface area (Å²) in [5.74, 6) is 0. The summed E-state index contributed by atoms with van der Waals surface area (Å²) in [5.41, 5.74) is 0. The summed E-state index contributed by atoms with van der Waals surface area (Å²) in [6.07, 6.45) is 2.55. The van der Waals surface area contributed by atoms with Crippen LogP contribution in [0.1, 0.15) is 19.8 Å². The number of unbranched alkanes of at least 4 members (excludes halogenated alkanes) is 1. The lowest BCUT2D eigenvalue weighted by molar-refractivity contribution is 0.381. The summed E-state index contributed by atoms with van der Waals surface area (Å²) in [4.78, 5) is 2.23. The molecule has 1 radical (unpaired) electrons. The molecular weight excluding hydrogens is 113 g/mol. The van der Waals surface area contributed by atoms with Crippen molar-refractivity contribution in [2.45, 2.75) is 19.8 Å². The molecule has 1 heterocycles. The molecule has 0 atom stereocenters. The minimum atomic E-state index is 0.879. The molecule has 0 spiro atoms. The van der Waals surface area contributed by atoms with Crippen LogP contribution in [0.2, 0.25) is 0 Å². The van der Waals surface area contributed by atoms with Gasteiger partial charge >= 0.3 is 7.62 Å². The lowest BCUT2D eigenvalue weighted by atomic mass is 10.2. The highest BCUT2D eigenvalue weighted by Gasteiger charge is 2.12. The molecule has 0 amide bonds. The minimum absolute atomic E-state index is 0.879. The molecule has 2 nitrogen and oxygen atoms in total. The zero-order chi connectivity index (χ0) is 6.53. The van der Waals surface area contributed by atoms with Gasteiger partial charge in [-0.2, -0.15) is 0 Å². The van der Waals surface area contributed by atoms with Crippen LogP contribution in [-0.2, 0) is 4.65 Å². The Kier molecular flexibility index (Phi) is 3.08. The largest absolute Gasteiger partial charge is 0.423 e. The molecule has 0 aromatic carbocycles. The van der Waals surface area contributed by atoms with Gasteiger partial charge in [0.2, 0.25) is 0 Å². The first kappa shape index (κ1) is 7.10. The fourth-order valence-corrected chi connectivity index (χ4v) is 0.906. The van der Waals surface area contributed by atoms with Gasteiger partial charge in [0.15, 0.2) is 0 Å². The van der Waals surface area contributed by atoms with Crippen LogP contribution in [-0.4, -0.2) is 32.1 Å². The Morgan fingerprint density at radius 2 is 2.56 bits per heavy atom. The van der Waals surface area contributed by atoms with E-state index in [0.29, 0.717) is 0 Å². The van der Waals surface area contributed by atoms with Crippen LogP contribution in [0.3, 0.4) is 0 Å². The number of hydrogen-bond acceptors (Lipinski definition) is 2. The maximum absolute atomic E-state index is 5.06. The van der Waals surface area contributed by atoms with E-state index >= 15 is 0 Å². The van der Waals surface area contributed by atoms with E-state index in [9.17, 15) is 0 Å². The van der Waals surface area contributed by atoms with E-state index in [1.807, 2.05) is 7.62 Å². The summed E-state index contributed by atoms with van der Waals surface area (Å²) in [5, 5.41) is 0. The molecule has 1 fully saturated rings. The molecule has 0 aromatic heterocycles. The van der Waals surface area contributed by atoms with E-state index < -0.39 is 0 Å². The Morgan fingerprint density at radius 1 is 1.67 bits per heavy atom. The second-order valence-electron chi connectivity index (χ2n) is 2.37. The standard InChI is InChI=1S/C6H13BNO/c1-2-3-4-8-5-6-9-7-8/h2-6H2,1H3. The summed E-state index contributed by atoms with van der Waals surface area (Å²) in [6.45, 7) is 5.33. The molecule has 0 saturated carbocycles. The van der Waals surface area contributed by atoms with Gasteiger partial charge in [-0.25, -0.2) is 0 Å². The molecule has 9 heavy (non-hydrogen) atoms. The summed E-state index contributed by atoms with van der Waals surface area (Å²) >= 11 is 0. The second-order valence-corrected chi connectivity index (χ2v) is 2.37. The van der Waals surface area contributed by atoms with E-state index in [0.717, 1.165) is 19.7 Å². The molecule has 1 saturated heterocycles. The number of hydrogen-bond donors (Lipinski definition) is 0. The van der Waals surface area contributed by atoms with Crippen molar-refractivity contribution < 1.29 is 4.65 Å². The molecule has 1 aliphatic heterocycles. The maximum Gasteiger partial charge on any atom is 0.398 e. The van der Waals surface area contributed by atoms with Gasteiger partial charge < -0.3 is 9.47 Å². The summed E-state index contributed by atoms with van der Waals surface area (Å²) in [7, 11) is 1.84. The highest BCUT2D eigenvalue weighted by molar-refractivity contribution is 6.24. The molecule has 0 aliphatic carbocycles. The van der Waals surface area contributed by atoms with Crippen LogP contribution in [0.15, 0.2) is 0 Å². The van der Waals surface area contributed by atoms with Crippen molar-refractivity contribution in [2.75, 3.05) is 19.7 Å². The molecular formula is C6H13BNO. The molecule has 1 aliphatic rings. The van der Waals surface area contributed by atoms with Crippen LogP contribution in [0, 0.1) is 0 Å². The highest BCUT2D eigenvalue weighted by Crippen LogP contribution is 1.98. The molecule has 51 valence electrons. The van der Waals surface area contributed by atoms with E-state index in [2.05, 4.69) is 11.7 Å². The second kappa shape index (κ2) is 3.91. The minimum Gasteiger partial charge on any atom is -0.423 e. The van der Waals surface area contributed by atoms with Crippen LogP contribution >= 0.6 is 0 Å². The Labute approximate surface area is 57.5 Å². The molecule has 1 rings (SSSR count). The van der Waals surface area contributed by atoms with Crippen molar-refractivity contribution in [2.24, 2.45) is 0 Å². The van der Waals surface area contributed by atoms with Crippen molar-refractivity contribution in [1.82, 2.24) is 4.81 Å². The average molecular weight is 126 g/mol. The average Bonchev–Trinajstić information content (AvgIpc) is 2.34. The predicted octanol–water partition coefficient (Wildman–Crippen LogP) is 0.653. The first-order chi connectivity index (χ1) is 4.43. The summed E-state index contributed by atoms with van der Waals surface area (Å²) in [6, 6.07) is 0. The third-order valence-corrected chi connectivity index (χ3v) is 1.52. The number of nitrogens with zero attached hydrogens (tertiary/aromatic N) is 1. The summed E-state index contributed by atoms with van der Waals surface area (Å²) < 4.78 is 5.06. The SMILES string of the molecule is CCCCN1[B]OCC1. The zero-order valence-electron chi connectivity index (χ0n) is 5.97. The topological polar surface area (TPSA) is 12.5 Å². The van der Waals surface area contributed by atoms with Crippen molar-refractivity contribution in [3.8, 4) is 0 Å². The van der Waals surface area contributed by atoms with Gasteiger partial charge in [0.25, 0.3) is 0 Å². The van der Waals surface area contributed by atoms with Crippen molar-refractivity contribution >= 4 is 7.62 Å². The molecule has 0 bridgehead atoms. The van der Waals surface area contributed by atoms with E-state index in [1.54, 1.807) is 0 Å². The van der Waals surface area contributed by atoms with E-state index in [1.165, 1.54) is 12.8 Å². The Bertz CT molecular complexity index is 73.5. The first-order valence-corrected chi connectivity index (χ1v) is 3.62. The lowest BCUT2D eigenvalue weighted by Crippen LogP contribution is -2.23. The molecule has 0 unspecified atom stereocenters. The van der Waals surface area contributed by atoms with Gasteiger partial charge in [0.1, 0.15) is 0 Å². The molecule has 3 heteroatoms. The third-order valence-electron chi connectivity index (χ3n) is 1.52. The van der Waals surface area contributed by atoms with Crippen LogP contribution in [0.4, 0.5) is 0 Å². The quantitative estimate of drug-likeness (QED) is 0.515. The van der Waals surface area contributed by atoms with Crippen molar-refractivity contribution in [1.29, 1.82) is 0 Å². The van der Waals surface area contributed by atoms with Gasteiger partial charge in [0.05, 0.1) is 0 Å². The van der Waals surface area contributed by atoms with Crippen LogP contribution in [0.5, 0.6) is 0 Å². The third kappa shape index (κ3) is 2.37. The predicted molar refractivity (Wildman–Crippen MR) is 38.2 cm³/mol. The van der Waals surface area contributed by atoms with Gasteiger partial charge in [-0.15, -0.1) is 0 Å². The Morgan fingerprint density at radius 3 is 3.11 bits per heavy atom. The maximum atomic E-state index is 5.06. The van der Waals surface area contributed by atoms with Gasteiger partial charge in [-0.05, 0) is 13.0 Å².